The van der Waals surface area contributed by atoms with Crippen LogP contribution in [-0.2, 0) is 11.3 Å². The molecule has 0 saturated carbocycles. The van der Waals surface area contributed by atoms with Crippen molar-refractivity contribution in [2.24, 2.45) is 0 Å². The summed E-state index contributed by atoms with van der Waals surface area (Å²) in [5.74, 6) is 0.141. The highest BCUT2D eigenvalue weighted by atomic mass is 79.9. The fourth-order valence-corrected chi connectivity index (χ4v) is 4.21. The van der Waals surface area contributed by atoms with E-state index in [4.69, 9.17) is 4.74 Å². The van der Waals surface area contributed by atoms with Gasteiger partial charge in [-0.05, 0) is 47.9 Å². The Morgan fingerprint density at radius 1 is 1.03 bits per heavy atom. The minimum Gasteiger partial charge on any atom is -0.503 e. The van der Waals surface area contributed by atoms with Gasteiger partial charge in [0.15, 0.2) is 5.76 Å². The first-order chi connectivity index (χ1) is 14.5. The summed E-state index contributed by atoms with van der Waals surface area (Å²) in [5, 5.41) is 10.9. The Kier molecular flexibility index (Phi) is 5.64. The summed E-state index contributed by atoms with van der Waals surface area (Å²) in [6.45, 7) is 2.43. The van der Waals surface area contributed by atoms with Crippen molar-refractivity contribution in [3.8, 4) is 5.75 Å². The zero-order valence-electron chi connectivity index (χ0n) is 16.8. The van der Waals surface area contributed by atoms with Gasteiger partial charge in [-0.1, -0.05) is 70.0 Å². The number of halogens is 1. The number of ether oxygens (including phenoxy) is 1. The first-order valence-electron chi connectivity index (χ1n) is 9.67. The number of aliphatic hydroxyl groups excluding tert-OH is 1. The maximum atomic E-state index is 13.1. The monoisotopic (exact) mass is 463 g/mol. The molecule has 1 amide bonds. The van der Waals surface area contributed by atoms with E-state index in [9.17, 15) is 9.90 Å². The predicted molar refractivity (Wildman–Crippen MR) is 121 cm³/mol. The van der Waals surface area contributed by atoms with Crippen LogP contribution in [0.5, 0.6) is 5.75 Å². The number of aliphatic hydroxyl groups is 1. The topological polar surface area (TPSA) is 49.8 Å². The van der Waals surface area contributed by atoms with E-state index in [0.29, 0.717) is 12.1 Å². The van der Waals surface area contributed by atoms with Crippen LogP contribution in [-0.4, -0.2) is 23.0 Å². The molecule has 0 fully saturated rings. The molecule has 5 heteroatoms. The minimum atomic E-state index is -0.398. The summed E-state index contributed by atoms with van der Waals surface area (Å²) < 4.78 is 6.17. The molecule has 1 aliphatic heterocycles. The number of benzene rings is 3. The maximum absolute atomic E-state index is 13.1. The fourth-order valence-electron chi connectivity index (χ4n) is 3.80. The van der Waals surface area contributed by atoms with Gasteiger partial charge < -0.3 is 14.7 Å². The Morgan fingerprint density at radius 3 is 2.37 bits per heavy atom. The minimum absolute atomic E-state index is 0.211. The van der Waals surface area contributed by atoms with Crippen molar-refractivity contribution in [2.75, 3.05) is 7.11 Å². The second-order valence-corrected chi connectivity index (χ2v) is 8.28. The van der Waals surface area contributed by atoms with Gasteiger partial charge in [-0.3, -0.25) is 4.79 Å². The lowest BCUT2D eigenvalue weighted by Gasteiger charge is -2.28. The van der Waals surface area contributed by atoms with Gasteiger partial charge in [-0.15, -0.1) is 0 Å². The number of amides is 1. The lowest BCUT2D eigenvalue weighted by molar-refractivity contribution is -0.130. The normalized spacial score (nSPS) is 16.3. The molecular weight excluding hydrogens is 442 g/mol. The molecule has 1 N–H and O–H groups in total. The Balaban J connectivity index is 1.80. The third-order valence-corrected chi connectivity index (χ3v) is 5.84. The first kappa shape index (κ1) is 20.2. The van der Waals surface area contributed by atoms with E-state index in [0.717, 1.165) is 32.5 Å². The second kappa shape index (κ2) is 8.36. The second-order valence-electron chi connectivity index (χ2n) is 7.37. The molecule has 0 bridgehead atoms. The van der Waals surface area contributed by atoms with E-state index in [2.05, 4.69) is 15.9 Å². The standard InChI is InChI=1S/C25H22BrNO3/c1-16-6-8-17(9-7-16)15-27-23(19-4-3-5-20(26)14-19)22(24(28)25(27)29)18-10-12-21(30-2)13-11-18/h3-14,23,28H,15H2,1-2H3/t23-/m1/s1. The Morgan fingerprint density at radius 2 is 1.73 bits per heavy atom. The number of carbonyl (C=O) groups is 1. The van der Waals surface area contributed by atoms with E-state index < -0.39 is 6.04 Å². The highest BCUT2D eigenvalue weighted by Crippen LogP contribution is 2.44. The lowest BCUT2D eigenvalue weighted by atomic mass is 9.93. The first-order valence-corrected chi connectivity index (χ1v) is 10.5. The maximum Gasteiger partial charge on any atom is 0.290 e. The average Bonchev–Trinajstić information content (AvgIpc) is 3.00. The van der Waals surface area contributed by atoms with Crippen LogP contribution < -0.4 is 4.74 Å². The molecule has 0 unspecified atom stereocenters. The van der Waals surface area contributed by atoms with E-state index in [-0.39, 0.29) is 11.7 Å². The van der Waals surface area contributed by atoms with Crippen molar-refractivity contribution in [1.29, 1.82) is 0 Å². The van der Waals surface area contributed by atoms with Gasteiger partial charge >= 0.3 is 0 Å². The molecular formula is C25H22BrNO3. The van der Waals surface area contributed by atoms with Crippen LogP contribution in [0.2, 0.25) is 0 Å². The molecule has 3 aromatic rings. The summed E-state index contributed by atoms with van der Waals surface area (Å²) in [6.07, 6.45) is 0. The fraction of sp³-hybridized carbons (Fsp3) is 0.160. The number of rotatable bonds is 5. The van der Waals surface area contributed by atoms with Gasteiger partial charge in [0.2, 0.25) is 0 Å². The van der Waals surface area contributed by atoms with E-state index in [1.54, 1.807) is 12.0 Å². The van der Waals surface area contributed by atoms with Crippen LogP contribution in [0.3, 0.4) is 0 Å². The van der Waals surface area contributed by atoms with Crippen molar-refractivity contribution < 1.29 is 14.6 Å². The van der Waals surface area contributed by atoms with Gasteiger partial charge in [0.05, 0.1) is 13.2 Å². The van der Waals surface area contributed by atoms with E-state index in [1.165, 1.54) is 0 Å². The summed E-state index contributed by atoms with van der Waals surface area (Å²) in [4.78, 5) is 14.9. The smallest absolute Gasteiger partial charge is 0.290 e. The van der Waals surface area contributed by atoms with Gasteiger partial charge in [0, 0.05) is 16.6 Å². The number of hydrogen-bond acceptors (Lipinski definition) is 3. The average molecular weight is 464 g/mol. The summed E-state index contributed by atoms with van der Waals surface area (Å²) >= 11 is 3.53. The molecule has 0 spiro atoms. The molecule has 1 atom stereocenters. The number of hydrogen-bond donors (Lipinski definition) is 1. The van der Waals surface area contributed by atoms with Crippen LogP contribution in [0, 0.1) is 6.92 Å². The molecule has 152 valence electrons. The Hall–Kier alpha value is -3.05. The number of aryl methyl sites for hydroxylation is 1. The SMILES string of the molecule is COc1ccc(C2=C(O)C(=O)N(Cc3ccc(C)cc3)[C@@H]2c2cccc(Br)c2)cc1. The largest absolute Gasteiger partial charge is 0.503 e. The van der Waals surface area contributed by atoms with Gasteiger partial charge in [0.1, 0.15) is 5.75 Å². The van der Waals surface area contributed by atoms with Crippen LogP contribution in [0.15, 0.2) is 83.0 Å². The quantitative estimate of drug-likeness (QED) is 0.518. The molecule has 0 aliphatic carbocycles. The molecule has 30 heavy (non-hydrogen) atoms. The molecule has 4 nitrogen and oxygen atoms in total. The van der Waals surface area contributed by atoms with Gasteiger partial charge in [0.25, 0.3) is 5.91 Å². The molecule has 0 aromatic heterocycles. The summed E-state index contributed by atoms with van der Waals surface area (Å²) in [5.41, 5.74) is 4.50. The van der Waals surface area contributed by atoms with Gasteiger partial charge in [-0.25, -0.2) is 0 Å². The van der Waals surface area contributed by atoms with Crippen molar-refractivity contribution in [1.82, 2.24) is 4.90 Å². The third kappa shape index (κ3) is 3.85. The number of methoxy groups -OCH3 is 1. The number of nitrogens with zero attached hydrogens (tertiary/aromatic N) is 1. The van der Waals surface area contributed by atoms with E-state index in [1.807, 2.05) is 79.7 Å². The highest BCUT2D eigenvalue weighted by molar-refractivity contribution is 9.10. The third-order valence-electron chi connectivity index (χ3n) is 5.34. The predicted octanol–water partition coefficient (Wildman–Crippen LogP) is 5.82. The van der Waals surface area contributed by atoms with Crippen LogP contribution in [0.25, 0.3) is 5.57 Å². The van der Waals surface area contributed by atoms with Gasteiger partial charge in [-0.2, -0.15) is 0 Å². The summed E-state index contributed by atoms with van der Waals surface area (Å²) in [7, 11) is 1.61. The molecule has 4 rings (SSSR count). The summed E-state index contributed by atoms with van der Waals surface area (Å²) in [6, 6.07) is 23.0. The lowest BCUT2D eigenvalue weighted by Crippen LogP contribution is -2.29. The van der Waals surface area contributed by atoms with Crippen LogP contribution in [0.4, 0.5) is 0 Å². The molecule has 0 radical (unpaired) electrons. The zero-order chi connectivity index (χ0) is 21.3. The van der Waals surface area contributed by atoms with Crippen molar-refractivity contribution in [3.63, 3.8) is 0 Å². The molecule has 0 saturated heterocycles. The Labute approximate surface area is 184 Å². The molecule has 3 aromatic carbocycles. The van der Waals surface area contributed by atoms with Crippen molar-refractivity contribution >= 4 is 27.4 Å². The Bertz CT molecular complexity index is 1100. The highest BCUT2D eigenvalue weighted by Gasteiger charge is 2.41. The van der Waals surface area contributed by atoms with Crippen molar-refractivity contribution in [2.45, 2.75) is 19.5 Å². The van der Waals surface area contributed by atoms with Crippen LogP contribution in [0.1, 0.15) is 28.3 Å². The molecule has 1 heterocycles. The zero-order valence-corrected chi connectivity index (χ0v) is 18.4. The van der Waals surface area contributed by atoms with Crippen molar-refractivity contribution in [3.05, 3.63) is 105 Å². The van der Waals surface area contributed by atoms with Crippen LogP contribution >= 0.6 is 15.9 Å². The van der Waals surface area contributed by atoms with E-state index >= 15 is 0 Å². The number of carbonyl (C=O) groups excluding carboxylic acids is 1. The molecule has 1 aliphatic rings.